The van der Waals surface area contributed by atoms with E-state index in [2.05, 4.69) is 22.0 Å². The lowest BCUT2D eigenvalue weighted by Crippen LogP contribution is -2.46. The van der Waals surface area contributed by atoms with E-state index >= 15 is 0 Å². The smallest absolute Gasteiger partial charge is 0.251 e. The first-order chi connectivity index (χ1) is 12.2. The van der Waals surface area contributed by atoms with E-state index < -0.39 is 6.10 Å². The van der Waals surface area contributed by atoms with Crippen LogP contribution in [0.1, 0.15) is 29.1 Å². The van der Waals surface area contributed by atoms with Gasteiger partial charge < -0.3 is 24.6 Å². The third-order valence-corrected chi connectivity index (χ3v) is 4.64. The first-order valence-electron chi connectivity index (χ1n) is 8.74. The average molecular weight is 343 g/mol. The van der Waals surface area contributed by atoms with Gasteiger partial charge in [0.25, 0.3) is 5.91 Å². The molecule has 1 atom stereocenters. The van der Waals surface area contributed by atoms with Crippen molar-refractivity contribution < 1.29 is 14.3 Å². The van der Waals surface area contributed by atoms with Crippen LogP contribution in [0.25, 0.3) is 0 Å². The third-order valence-electron chi connectivity index (χ3n) is 4.64. The number of rotatable bonds is 6. The van der Waals surface area contributed by atoms with Gasteiger partial charge >= 0.3 is 0 Å². The van der Waals surface area contributed by atoms with Gasteiger partial charge in [-0.1, -0.05) is 6.92 Å². The molecule has 1 aromatic carbocycles. The van der Waals surface area contributed by atoms with Crippen LogP contribution in [0, 0.1) is 0 Å². The minimum Gasteiger partial charge on any atom is -0.467 e. The average Bonchev–Trinajstić information content (AvgIpc) is 3.21. The number of nitrogens with one attached hydrogen (secondary N) is 1. The molecule has 0 bridgehead atoms. The van der Waals surface area contributed by atoms with Crippen LogP contribution in [-0.4, -0.2) is 55.2 Å². The van der Waals surface area contributed by atoms with Crippen LogP contribution in [0.2, 0.25) is 0 Å². The number of likely N-dealkylation sites (N-methyl/N-ethyl adjacent to an activating group) is 1. The van der Waals surface area contributed by atoms with Crippen LogP contribution < -0.4 is 10.2 Å². The number of aliphatic hydroxyl groups excluding tert-OH is 1. The number of hydrogen-bond acceptors (Lipinski definition) is 5. The third kappa shape index (κ3) is 4.41. The fraction of sp³-hybridized carbons (Fsp3) is 0.421. The minimum absolute atomic E-state index is 0.118. The number of amides is 1. The molecule has 6 heteroatoms. The number of carbonyl (C=O) groups excluding carboxylic acids is 1. The Morgan fingerprint density at radius 3 is 2.52 bits per heavy atom. The molecule has 3 rings (SSSR count). The Bertz CT molecular complexity index is 662. The van der Waals surface area contributed by atoms with E-state index in [1.807, 2.05) is 24.3 Å². The number of nitrogens with zero attached hydrogens (tertiary/aromatic N) is 2. The van der Waals surface area contributed by atoms with Gasteiger partial charge in [-0.05, 0) is 42.9 Å². The summed E-state index contributed by atoms with van der Waals surface area (Å²) in [7, 11) is 0. The topological polar surface area (TPSA) is 69.0 Å². The molecule has 1 saturated heterocycles. The van der Waals surface area contributed by atoms with E-state index in [4.69, 9.17) is 4.42 Å². The predicted molar refractivity (Wildman–Crippen MR) is 96.8 cm³/mol. The summed E-state index contributed by atoms with van der Waals surface area (Å²) in [5.74, 6) is 0.245. The fourth-order valence-corrected chi connectivity index (χ4v) is 3.02. The molecule has 1 amide bonds. The molecule has 0 radical (unpaired) electrons. The normalized spacial score (nSPS) is 16.6. The van der Waals surface area contributed by atoms with E-state index in [-0.39, 0.29) is 12.5 Å². The Morgan fingerprint density at radius 2 is 1.92 bits per heavy atom. The van der Waals surface area contributed by atoms with Gasteiger partial charge in [-0.15, -0.1) is 0 Å². The summed E-state index contributed by atoms with van der Waals surface area (Å²) in [5, 5.41) is 12.7. The summed E-state index contributed by atoms with van der Waals surface area (Å²) >= 11 is 0. The van der Waals surface area contributed by atoms with Crippen molar-refractivity contribution in [1.82, 2.24) is 10.2 Å². The number of benzene rings is 1. The van der Waals surface area contributed by atoms with Crippen molar-refractivity contribution in [3.8, 4) is 0 Å². The highest BCUT2D eigenvalue weighted by Crippen LogP contribution is 2.18. The Kier molecular flexibility index (Phi) is 5.73. The van der Waals surface area contributed by atoms with Crippen LogP contribution >= 0.6 is 0 Å². The lowest BCUT2D eigenvalue weighted by Gasteiger charge is -2.35. The van der Waals surface area contributed by atoms with Gasteiger partial charge in [-0.2, -0.15) is 0 Å². The van der Waals surface area contributed by atoms with Crippen molar-refractivity contribution in [2.24, 2.45) is 0 Å². The molecule has 134 valence electrons. The van der Waals surface area contributed by atoms with Gasteiger partial charge in [0, 0.05) is 37.4 Å². The maximum atomic E-state index is 12.2. The summed E-state index contributed by atoms with van der Waals surface area (Å²) in [6, 6.07) is 11.0. The highest BCUT2D eigenvalue weighted by atomic mass is 16.4. The molecule has 1 aliphatic rings. The molecule has 1 aliphatic heterocycles. The van der Waals surface area contributed by atoms with E-state index in [1.54, 1.807) is 12.1 Å². The largest absolute Gasteiger partial charge is 0.467 e. The SMILES string of the molecule is CCN1CCN(c2ccc(C(=O)NC[C@H](O)c3ccco3)cc2)CC1. The zero-order valence-corrected chi connectivity index (χ0v) is 14.5. The second kappa shape index (κ2) is 8.18. The molecule has 2 N–H and O–H groups in total. The summed E-state index contributed by atoms with van der Waals surface area (Å²) in [6.07, 6.45) is 0.660. The Morgan fingerprint density at radius 1 is 1.20 bits per heavy atom. The van der Waals surface area contributed by atoms with Crippen LogP contribution in [0.5, 0.6) is 0 Å². The number of carbonyl (C=O) groups is 1. The molecule has 25 heavy (non-hydrogen) atoms. The Hall–Kier alpha value is -2.31. The summed E-state index contributed by atoms with van der Waals surface area (Å²) < 4.78 is 5.12. The van der Waals surface area contributed by atoms with Crippen molar-refractivity contribution in [1.29, 1.82) is 0 Å². The van der Waals surface area contributed by atoms with Crippen molar-refractivity contribution in [3.05, 3.63) is 54.0 Å². The molecular weight excluding hydrogens is 318 g/mol. The molecule has 6 nitrogen and oxygen atoms in total. The maximum absolute atomic E-state index is 12.2. The molecule has 1 fully saturated rings. The second-order valence-corrected chi connectivity index (χ2v) is 6.21. The van der Waals surface area contributed by atoms with Gasteiger partial charge in [0.2, 0.25) is 0 Å². The predicted octanol–water partition coefficient (Wildman–Crippen LogP) is 1.88. The van der Waals surface area contributed by atoms with Crippen molar-refractivity contribution in [2.75, 3.05) is 44.2 Å². The molecule has 0 aliphatic carbocycles. The maximum Gasteiger partial charge on any atom is 0.251 e. The zero-order chi connectivity index (χ0) is 17.6. The minimum atomic E-state index is -0.840. The lowest BCUT2D eigenvalue weighted by atomic mass is 10.1. The highest BCUT2D eigenvalue weighted by molar-refractivity contribution is 5.94. The second-order valence-electron chi connectivity index (χ2n) is 6.21. The molecule has 0 spiro atoms. The number of hydrogen-bond donors (Lipinski definition) is 2. The molecular formula is C19H25N3O3. The van der Waals surface area contributed by atoms with Crippen molar-refractivity contribution in [3.63, 3.8) is 0 Å². The van der Waals surface area contributed by atoms with Crippen LogP contribution in [-0.2, 0) is 0 Å². The Balaban J connectivity index is 1.52. The van der Waals surface area contributed by atoms with E-state index in [9.17, 15) is 9.90 Å². The van der Waals surface area contributed by atoms with Crippen molar-refractivity contribution in [2.45, 2.75) is 13.0 Å². The number of aliphatic hydroxyl groups is 1. The standard InChI is InChI=1S/C19H25N3O3/c1-2-21-9-11-22(12-10-21)16-7-5-15(6-8-16)19(24)20-14-17(23)18-4-3-13-25-18/h3-8,13,17,23H,2,9-12,14H2,1H3,(H,20,24)/t17-/m0/s1. The molecule has 2 heterocycles. The van der Waals surface area contributed by atoms with Crippen LogP contribution in [0.4, 0.5) is 5.69 Å². The van der Waals surface area contributed by atoms with Gasteiger partial charge in [0.05, 0.1) is 12.8 Å². The summed E-state index contributed by atoms with van der Waals surface area (Å²) in [4.78, 5) is 17.0. The fourth-order valence-electron chi connectivity index (χ4n) is 3.02. The van der Waals surface area contributed by atoms with E-state index in [0.717, 1.165) is 38.4 Å². The zero-order valence-electron chi connectivity index (χ0n) is 14.5. The van der Waals surface area contributed by atoms with Crippen LogP contribution in [0.15, 0.2) is 47.1 Å². The lowest BCUT2D eigenvalue weighted by molar-refractivity contribution is 0.0901. The van der Waals surface area contributed by atoms with Gasteiger partial charge in [-0.3, -0.25) is 4.79 Å². The van der Waals surface area contributed by atoms with Crippen LogP contribution in [0.3, 0.4) is 0 Å². The first-order valence-corrected chi connectivity index (χ1v) is 8.74. The quantitative estimate of drug-likeness (QED) is 0.838. The summed E-state index contributed by atoms with van der Waals surface area (Å²) in [5.41, 5.74) is 1.73. The number of anilines is 1. The van der Waals surface area contributed by atoms with Gasteiger partial charge in [0.1, 0.15) is 11.9 Å². The molecule has 1 aromatic heterocycles. The number of furan rings is 1. The van der Waals surface area contributed by atoms with Gasteiger partial charge in [0.15, 0.2) is 0 Å². The Labute approximate surface area is 148 Å². The molecule has 0 unspecified atom stereocenters. The summed E-state index contributed by atoms with van der Waals surface area (Å²) in [6.45, 7) is 7.56. The molecule has 2 aromatic rings. The van der Waals surface area contributed by atoms with Crippen molar-refractivity contribution >= 4 is 11.6 Å². The first kappa shape index (κ1) is 17.5. The number of piperazine rings is 1. The van der Waals surface area contributed by atoms with Gasteiger partial charge in [-0.25, -0.2) is 0 Å². The van der Waals surface area contributed by atoms with E-state index in [1.165, 1.54) is 6.26 Å². The highest BCUT2D eigenvalue weighted by Gasteiger charge is 2.17. The molecule has 0 saturated carbocycles. The van der Waals surface area contributed by atoms with E-state index in [0.29, 0.717) is 11.3 Å². The monoisotopic (exact) mass is 343 g/mol.